The molecule has 2 aliphatic heterocycles. The van der Waals surface area contributed by atoms with E-state index in [1.165, 1.54) is 25.3 Å². The van der Waals surface area contributed by atoms with Crippen LogP contribution in [0.2, 0.25) is 0 Å². The van der Waals surface area contributed by atoms with Crippen molar-refractivity contribution in [3.05, 3.63) is 41.5 Å². The lowest BCUT2D eigenvalue weighted by molar-refractivity contribution is -0.324. The summed E-state index contributed by atoms with van der Waals surface area (Å²) in [4.78, 5) is 40.2. The summed E-state index contributed by atoms with van der Waals surface area (Å²) in [6.07, 6.45) is -6.13. The highest BCUT2D eigenvalue weighted by atomic mass is 16.7. The monoisotopic (exact) mass is 956 g/mol. The van der Waals surface area contributed by atoms with Crippen LogP contribution >= 0.6 is 0 Å². The molecule has 1 aromatic carbocycles. The topological polar surface area (TPSA) is 268 Å². The molecule has 17 nitrogen and oxygen atoms in total. The van der Waals surface area contributed by atoms with Gasteiger partial charge < -0.3 is 69.3 Å². The van der Waals surface area contributed by atoms with E-state index in [2.05, 4.69) is 54.5 Å². The average Bonchev–Trinajstić information content (AvgIpc) is 3.26. The number of hydrogen-bond donors (Lipinski definition) is 8. The van der Waals surface area contributed by atoms with Crippen LogP contribution in [0.4, 0.5) is 0 Å². The molecule has 0 spiro atoms. The van der Waals surface area contributed by atoms with Gasteiger partial charge in [0, 0.05) is 6.08 Å². The smallest absolute Gasteiger partial charge is 0.335 e. The Labute approximate surface area is 397 Å². The molecule has 0 aromatic heterocycles. The van der Waals surface area contributed by atoms with Crippen molar-refractivity contribution >= 4 is 24.0 Å². The number of aliphatic hydroxyl groups is 6. The molecule has 17 heteroatoms. The Kier molecular flexibility index (Phi) is 13.3. The van der Waals surface area contributed by atoms with E-state index in [0.717, 1.165) is 37.3 Å². The number of phenolic OH excluding ortho intramolecular Hbond substituents is 1. The fourth-order valence-corrected chi connectivity index (χ4v) is 14.6. The van der Waals surface area contributed by atoms with E-state index in [4.69, 9.17) is 28.4 Å². The number of carbonyl (C=O) groups excluding carboxylic acids is 2. The van der Waals surface area contributed by atoms with Crippen molar-refractivity contribution in [2.45, 2.75) is 174 Å². The fraction of sp³-hybridized carbons (Fsp3) is 0.745. The number of methoxy groups -OCH3 is 1. The highest BCUT2D eigenvalue weighted by Crippen LogP contribution is 2.76. The second-order valence-electron chi connectivity index (χ2n) is 23.0. The van der Waals surface area contributed by atoms with Gasteiger partial charge in [-0.25, -0.2) is 9.59 Å². The Morgan fingerprint density at radius 2 is 1.53 bits per heavy atom. The number of rotatable bonds is 9. The summed E-state index contributed by atoms with van der Waals surface area (Å²) in [5.41, 5.74) is -1.55. The summed E-state index contributed by atoms with van der Waals surface area (Å²) in [5.74, 6) is -3.16. The van der Waals surface area contributed by atoms with Gasteiger partial charge in [0.25, 0.3) is 0 Å². The van der Waals surface area contributed by atoms with E-state index in [1.54, 1.807) is 6.07 Å². The molecule has 8 N–H and O–H groups in total. The minimum absolute atomic E-state index is 0.0869. The SMILES string of the molecule is COc1cc(/C=C/C(=O)O[C@H]2[C@H](OC(=O)[C@]34CCC(C)(C)C[C@H]3C3=CCC5[C@@]6(C)CC[C@H](O[C@@H]7O[C@H](C(=O)O)[C@@H](O)[C@H](O)[C@H]7O)C(C)(C)C6CC[C@@]5(C)[C@]3(C)C[C@H]4O)OC[C@@H](O)[C@@H]2O)ccc1O. The van der Waals surface area contributed by atoms with Crippen molar-refractivity contribution < 1.29 is 83.7 Å². The number of ether oxygens (including phenoxy) is 6. The molecule has 18 atom stereocenters. The van der Waals surface area contributed by atoms with Crippen molar-refractivity contribution in [1.29, 1.82) is 0 Å². The Morgan fingerprint density at radius 3 is 2.22 bits per heavy atom. The van der Waals surface area contributed by atoms with E-state index < -0.39 is 114 Å². The number of carboxylic acid groups (broad SMARTS) is 1. The second-order valence-corrected chi connectivity index (χ2v) is 23.0. The van der Waals surface area contributed by atoms with E-state index in [-0.39, 0.29) is 46.0 Å². The molecule has 378 valence electrons. The van der Waals surface area contributed by atoms with Crippen LogP contribution in [-0.4, -0.2) is 140 Å². The van der Waals surface area contributed by atoms with Crippen LogP contribution in [0, 0.1) is 50.2 Å². The summed E-state index contributed by atoms with van der Waals surface area (Å²) in [6, 6.07) is 4.46. The molecule has 2 saturated heterocycles. The molecular formula is C51H72O17. The van der Waals surface area contributed by atoms with E-state index in [1.807, 2.05) is 0 Å². The van der Waals surface area contributed by atoms with Crippen LogP contribution in [0.5, 0.6) is 11.5 Å². The predicted molar refractivity (Wildman–Crippen MR) is 241 cm³/mol. The summed E-state index contributed by atoms with van der Waals surface area (Å²) in [6.45, 7) is 15.1. The van der Waals surface area contributed by atoms with Gasteiger partial charge in [0.05, 0.1) is 25.9 Å². The maximum absolute atomic E-state index is 15.1. The highest BCUT2D eigenvalue weighted by molar-refractivity contribution is 5.87. The third kappa shape index (κ3) is 8.09. The number of allylic oxidation sites excluding steroid dienone is 2. The largest absolute Gasteiger partial charge is 0.504 e. The Bertz CT molecular complexity index is 2170. The maximum atomic E-state index is 15.1. The van der Waals surface area contributed by atoms with E-state index in [9.17, 15) is 50.4 Å². The zero-order chi connectivity index (χ0) is 49.7. The number of hydrogen-bond acceptors (Lipinski definition) is 16. The number of benzene rings is 1. The summed E-state index contributed by atoms with van der Waals surface area (Å²) < 4.78 is 34.7. The lowest BCUT2D eigenvalue weighted by atomic mass is 9.33. The first-order chi connectivity index (χ1) is 31.8. The third-order valence-electron chi connectivity index (χ3n) is 18.6. The number of aliphatic hydroxyl groups excluding tert-OH is 6. The van der Waals surface area contributed by atoms with Crippen molar-refractivity contribution in [3.8, 4) is 11.5 Å². The van der Waals surface area contributed by atoms with Crippen LogP contribution in [-0.2, 0) is 38.1 Å². The number of esters is 2. The number of aromatic hydroxyl groups is 1. The summed E-state index contributed by atoms with van der Waals surface area (Å²) in [5, 5.41) is 85.8. The van der Waals surface area contributed by atoms with Crippen molar-refractivity contribution in [2.75, 3.05) is 13.7 Å². The highest BCUT2D eigenvalue weighted by Gasteiger charge is 2.72. The molecule has 2 unspecified atom stereocenters. The van der Waals surface area contributed by atoms with Gasteiger partial charge in [0.2, 0.25) is 6.29 Å². The molecule has 5 aliphatic carbocycles. The first-order valence-corrected chi connectivity index (χ1v) is 24.2. The van der Waals surface area contributed by atoms with Gasteiger partial charge in [-0.3, -0.25) is 4.79 Å². The molecule has 4 saturated carbocycles. The summed E-state index contributed by atoms with van der Waals surface area (Å²) >= 11 is 0. The van der Waals surface area contributed by atoms with Crippen LogP contribution < -0.4 is 4.74 Å². The first-order valence-electron chi connectivity index (χ1n) is 24.2. The molecule has 0 radical (unpaired) electrons. The first kappa shape index (κ1) is 50.7. The van der Waals surface area contributed by atoms with Gasteiger partial charge >= 0.3 is 17.9 Å². The zero-order valence-corrected chi connectivity index (χ0v) is 40.4. The molecule has 1 aromatic rings. The second kappa shape index (κ2) is 17.9. The van der Waals surface area contributed by atoms with Gasteiger partial charge in [-0.15, -0.1) is 0 Å². The molecule has 0 amide bonds. The Hall–Kier alpha value is -3.65. The number of aliphatic carboxylic acids is 1. The van der Waals surface area contributed by atoms with Gasteiger partial charge in [-0.1, -0.05) is 66.2 Å². The lowest BCUT2D eigenvalue weighted by Gasteiger charge is -2.71. The number of carboxylic acids is 1. The molecule has 2 heterocycles. The Morgan fingerprint density at radius 1 is 0.809 bits per heavy atom. The number of fused-ring (bicyclic) bond motifs is 7. The van der Waals surface area contributed by atoms with Gasteiger partial charge in [0.15, 0.2) is 30.0 Å². The molecule has 68 heavy (non-hydrogen) atoms. The third-order valence-corrected chi connectivity index (χ3v) is 18.6. The van der Waals surface area contributed by atoms with Crippen LogP contribution in [0.15, 0.2) is 35.9 Å². The molecule has 8 rings (SSSR count). The van der Waals surface area contributed by atoms with Crippen LogP contribution in [0.25, 0.3) is 6.08 Å². The Balaban J connectivity index is 1.05. The fourth-order valence-electron chi connectivity index (χ4n) is 14.6. The zero-order valence-electron chi connectivity index (χ0n) is 40.4. The minimum Gasteiger partial charge on any atom is -0.504 e. The normalized spacial score (nSPS) is 45.1. The number of phenols is 1. The van der Waals surface area contributed by atoms with E-state index in [0.29, 0.717) is 31.2 Å². The summed E-state index contributed by atoms with van der Waals surface area (Å²) in [7, 11) is 1.39. The number of carbonyl (C=O) groups is 3. The average molecular weight is 957 g/mol. The van der Waals surface area contributed by atoms with Crippen molar-refractivity contribution in [1.82, 2.24) is 0 Å². The van der Waals surface area contributed by atoms with Gasteiger partial charge in [-0.05, 0) is 126 Å². The van der Waals surface area contributed by atoms with Crippen molar-refractivity contribution in [3.63, 3.8) is 0 Å². The minimum atomic E-state index is -1.82. The quantitative estimate of drug-likeness (QED) is 0.0752. The maximum Gasteiger partial charge on any atom is 0.335 e. The molecule has 0 bridgehead atoms. The van der Waals surface area contributed by atoms with Gasteiger partial charge in [0.1, 0.15) is 35.9 Å². The van der Waals surface area contributed by atoms with Crippen LogP contribution in [0.3, 0.4) is 0 Å². The molecule has 7 aliphatic rings. The van der Waals surface area contributed by atoms with Crippen molar-refractivity contribution in [2.24, 2.45) is 50.2 Å². The van der Waals surface area contributed by atoms with E-state index >= 15 is 4.79 Å². The standard InChI is InChI=1S/C51H72O17/c1-46(2)19-20-51(45(62)68-44-41(36(56)29(53)24-64-44)66-35(55)14-10-25-9-12-28(52)30(21-25)63-8)27(22-46)26-11-13-32-48(5)17-16-34(65-43-39(59)37(57)38(58)40(67-43)42(60)61)47(3,4)31(48)15-18-49(32,6)50(26,7)23-33(51)54/h9-12,14,21,27,29,31-34,36-41,43-44,52-54,56-59H,13,15-20,22-24H2,1-8H3,(H,60,61)/b14-10+/t27-,29+,31?,32?,33+,34-,36-,37-,38-,39+,40-,41+,43+,44-,48-,49+,50+,51+/m0/s1. The lowest BCUT2D eigenvalue weighted by Crippen LogP contribution is -2.68. The molecule has 6 fully saturated rings. The predicted octanol–water partition coefficient (Wildman–Crippen LogP) is 4.00. The van der Waals surface area contributed by atoms with Gasteiger partial charge in [-0.2, -0.15) is 0 Å². The van der Waals surface area contributed by atoms with Crippen LogP contribution in [0.1, 0.15) is 112 Å². The molecular weight excluding hydrogens is 885 g/mol.